The molecule has 1 saturated carbocycles. The average Bonchev–Trinajstić information content (AvgIpc) is 3.47. The summed E-state index contributed by atoms with van der Waals surface area (Å²) >= 11 is 0. The van der Waals surface area contributed by atoms with Crippen molar-refractivity contribution in [2.24, 2.45) is 16.7 Å². The third-order valence-electron chi connectivity index (χ3n) is 6.10. The molecule has 0 atom stereocenters. The Kier molecular flexibility index (Phi) is 5.92. The lowest BCUT2D eigenvalue weighted by molar-refractivity contribution is -0.135. The zero-order valence-corrected chi connectivity index (χ0v) is 17.3. The van der Waals surface area contributed by atoms with Crippen molar-refractivity contribution < 1.29 is 14.4 Å². The molecule has 0 unspecified atom stereocenters. The van der Waals surface area contributed by atoms with Crippen molar-refractivity contribution in [2.75, 3.05) is 19.6 Å². The van der Waals surface area contributed by atoms with E-state index >= 15 is 0 Å². The summed E-state index contributed by atoms with van der Waals surface area (Å²) in [5, 5.41) is 2.78. The van der Waals surface area contributed by atoms with Crippen LogP contribution in [0.3, 0.4) is 0 Å². The van der Waals surface area contributed by atoms with Gasteiger partial charge in [0.25, 0.3) is 5.91 Å². The molecule has 5 nitrogen and oxygen atoms in total. The van der Waals surface area contributed by atoms with Gasteiger partial charge in [-0.1, -0.05) is 39.0 Å². The maximum Gasteiger partial charge on any atom is 0.251 e. The van der Waals surface area contributed by atoms with Gasteiger partial charge in [0.2, 0.25) is 5.91 Å². The van der Waals surface area contributed by atoms with Crippen LogP contribution in [0.2, 0.25) is 0 Å². The number of benzene rings is 1. The molecular weight excluding hydrogens is 352 g/mol. The van der Waals surface area contributed by atoms with E-state index < -0.39 is 0 Å². The summed E-state index contributed by atoms with van der Waals surface area (Å²) in [5.74, 6) is 0.494. The van der Waals surface area contributed by atoms with Gasteiger partial charge in [-0.3, -0.25) is 14.4 Å². The van der Waals surface area contributed by atoms with Crippen LogP contribution in [0.25, 0.3) is 0 Å². The maximum atomic E-state index is 12.9. The zero-order valence-electron chi connectivity index (χ0n) is 17.3. The summed E-state index contributed by atoms with van der Waals surface area (Å²) in [5.41, 5.74) is 0.299. The summed E-state index contributed by atoms with van der Waals surface area (Å²) in [6, 6.07) is 8.98. The lowest BCUT2D eigenvalue weighted by Crippen LogP contribution is -2.44. The molecule has 2 amide bonds. The van der Waals surface area contributed by atoms with Gasteiger partial charge in [0.15, 0.2) is 5.78 Å². The van der Waals surface area contributed by atoms with Gasteiger partial charge in [0.05, 0.1) is 6.54 Å². The van der Waals surface area contributed by atoms with Crippen LogP contribution in [0.1, 0.15) is 63.2 Å². The number of piperidine rings is 1. The molecule has 1 aliphatic carbocycles. The predicted octanol–water partition coefficient (Wildman–Crippen LogP) is 3.44. The highest BCUT2D eigenvalue weighted by Gasteiger charge is 2.55. The number of hydrogen-bond donors (Lipinski definition) is 1. The van der Waals surface area contributed by atoms with E-state index in [4.69, 9.17) is 0 Å². The van der Waals surface area contributed by atoms with E-state index in [1.54, 1.807) is 12.1 Å². The first-order valence-corrected chi connectivity index (χ1v) is 10.4. The van der Waals surface area contributed by atoms with Crippen molar-refractivity contribution in [1.29, 1.82) is 0 Å². The van der Waals surface area contributed by atoms with Gasteiger partial charge in [-0.05, 0) is 49.1 Å². The van der Waals surface area contributed by atoms with E-state index in [2.05, 4.69) is 26.1 Å². The third-order valence-corrected chi connectivity index (χ3v) is 6.10. The second-order valence-corrected chi connectivity index (χ2v) is 9.52. The van der Waals surface area contributed by atoms with Crippen LogP contribution in [0.5, 0.6) is 0 Å². The fraction of sp³-hybridized carbons (Fsp3) is 0.609. The van der Waals surface area contributed by atoms with Crippen molar-refractivity contribution in [2.45, 2.75) is 52.9 Å². The lowest BCUT2D eigenvalue weighted by atomic mass is 9.78. The fourth-order valence-electron chi connectivity index (χ4n) is 4.32. The van der Waals surface area contributed by atoms with E-state index in [9.17, 15) is 14.4 Å². The van der Waals surface area contributed by atoms with Gasteiger partial charge in [0.1, 0.15) is 0 Å². The van der Waals surface area contributed by atoms with Gasteiger partial charge < -0.3 is 10.2 Å². The molecule has 2 fully saturated rings. The Labute approximate surface area is 167 Å². The van der Waals surface area contributed by atoms with Gasteiger partial charge in [-0.15, -0.1) is 0 Å². The minimum atomic E-state index is -0.275. The monoisotopic (exact) mass is 384 g/mol. The van der Waals surface area contributed by atoms with Crippen LogP contribution in [-0.2, 0) is 9.59 Å². The van der Waals surface area contributed by atoms with Crippen LogP contribution in [0.15, 0.2) is 30.3 Å². The molecule has 28 heavy (non-hydrogen) atoms. The zero-order chi connectivity index (χ0) is 20.4. The van der Waals surface area contributed by atoms with E-state index in [1.807, 2.05) is 23.1 Å². The van der Waals surface area contributed by atoms with Crippen LogP contribution in [0, 0.1) is 16.7 Å². The second-order valence-electron chi connectivity index (χ2n) is 9.52. The first-order valence-electron chi connectivity index (χ1n) is 10.4. The van der Waals surface area contributed by atoms with E-state index in [1.165, 1.54) is 0 Å². The highest BCUT2D eigenvalue weighted by molar-refractivity contribution is 5.98. The largest absolute Gasteiger partial charge is 0.345 e. The van der Waals surface area contributed by atoms with Crippen molar-refractivity contribution >= 4 is 17.6 Å². The minimum absolute atomic E-state index is 0.00142. The van der Waals surface area contributed by atoms with Crippen LogP contribution in [0.4, 0.5) is 0 Å². The minimum Gasteiger partial charge on any atom is -0.345 e. The van der Waals surface area contributed by atoms with Crippen molar-refractivity contribution in [3.63, 3.8) is 0 Å². The highest BCUT2D eigenvalue weighted by Crippen LogP contribution is 2.55. The second kappa shape index (κ2) is 8.06. The SMILES string of the molecule is CC(C)(C)CC(=O)N1CCC(C2(C(=O)CNC(=O)c3ccccc3)CC2)CC1. The molecule has 5 heteroatoms. The van der Waals surface area contributed by atoms with Gasteiger partial charge in [0, 0.05) is 30.5 Å². The van der Waals surface area contributed by atoms with Gasteiger partial charge >= 0.3 is 0 Å². The van der Waals surface area contributed by atoms with Crippen molar-refractivity contribution in [3.05, 3.63) is 35.9 Å². The molecule has 0 bridgehead atoms. The Morgan fingerprint density at radius 3 is 2.21 bits per heavy atom. The smallest absolute Gasteiger partial charge is 0.251 e. The highest BCUT2D eigenvalue weighted by atomic mass is 16.2. The van der Waals surface area contributed by atoms with Gasteiger partial charge in [-0.2, -0.15) is 0 Å². The number of carbonyl (C=O) groups is 3. The number of ketones is 1. The number of carbonyl (C=O) groups excluding carboxylic acids is 3. The lowest BCUT2D eigenvalue weighted by Gasteiger charge is -2.37. The first-order chi connectivity index (χ1) is 13.2. The maximum absolute atomic E-state index is 12.9. The van der Waals surface area contributed by atoms with Crippen molar-refractivity contribution in [3.8, 4) is 0 Å². The number of hydrogen-bond acceptors (Lipinski definition) is 3. The Morgan fingerprint density at radius 2 is 1.68 bits per heavy atom. The summed E-state index contributed by atoms with van der Waals surface area (Å²) in [6.45, 7) is 7.82. The number of Topliss-reactive ketones (excluding diaryl/α,β-unsaturated/α-hetero) is 1. The number of nitrogens with one attached hydrogen (secondary N) is 1. The molecule has 0 aromatic heterocycles. The van der Waals surface area contributed by atoms with Gasteiger partial charge in [-0.25, -0.2) is 0 Å². The summed E-state index contributed by atoms with van der Waals surface area (Å²) in [4.78, 5) is 39.5. The quantitative estimate of drug-likeness (QED) is 0.817. The molecule has 152 valence electrons. The molecule has 0 radical (unpaired) electrons. The number of rotatable bonds is 6. The molecule has 1 aromatic carbocycles. The Hall–Kier alpha value is -2.17. The fourth-order valence-corrected chi connectivity index (χ4v) is 4.32. The average molecular weight is 385 g/mol. The predicted molar refractivity (Wildman–Crippen MR) is 109 cm³/mol. The number of amides is 2. The topological polar surface area (TPSA) is 66.5 Å². The molecule has 1 heterocycles. The molecule has 3 rings (SSSR count). The third kappa shape index (κ3) is 4.81. The summed E-state index contributed by atoms with van der Waals surface area (Å²) in [7, 11) is 0. The molecular formula is C23H32N2O3. The normalized spacial score (nSPS) is 19.2. The molecule has 1 N–H and O–H groups in total. The van der Waals surface area contributed by atoms with E-state index in [-0.39, 0.29) is 35.0 Å². The Balaban J connectivity index is 1.50. The number of likely N-dealkylation sites (tertiary alicyclic amines) is 1. The van der Waals surface area contributed by atoms with Crippen molar-refractivity contribution in [1.82, 2.24) is 10.2 Å². The van der Waals surface area contributed by atoms with Crippen LogP contribution in [-0.4, -0.2) is 42.1 Å². The summed E-state index contributed by atoms with van der Waals surface area (Å²) in [6.07, 6.45) is 4.15. The molecule has 1 saturated heterocycles. The molecule has 1 aliphatic heterocycles. The summed E-state index contributed by atoms with van der Waals surface area (Å²) < 4.78 is 0. The first kappa shape index (κ1) is 20.6. The Morgan fingerprint density at radius 1 is 1.07 bits per heavy atom. The Bertz CT molecular complexity index is 724. The van der Waals surface area contributed by atoms with Crippen LogP contribution < -0.4 is 5.32 Å². The van der Waals surface area contributed by atoms with E-state index in [0.717, 1.165) is 38.8 Å². The molecule has 0 spiro atoms. The van der Waals surface area contributed by atoms with Crippen LogP contribution >= 0.6 is 0 Å². The van der Waals surface area contributed by atoms with E-state index in [0.29, 0.717) is 17.9 Å². The molecule has 2 aliphatic rings. The number of nitrogens with zero attached hydrogens (tertiary/aromatic N) is 1. The standard InChI is InChI=1S/C23H32N2O3/c1-22(2,3)15-20(27)25-13-9-18(10-14-25)23(11-12-23)19(26)16-24-21(28)17-7-5-4-6-8-17/h4-8,18H,9-16H2,1-3H3,(H,24,28). The molecule has 1 aromatic rings.